The van der Waals surface area contributed by atoms with Crippen LogP contribution in [0.4, 0.5) is 5.95 Å². The van der Waals surface area contributed by atoms with Crippen LogP contribution in [0.25, 0.3) is 11.3 Å². The third kappa shape index (κ3) is 4.05. The number of nitrogens with one attached hydrogen (secondary N) is 1. The Labute approximate surface area is 129 Å². The van der Waals surface area contributed by atoms with Crippen molar-refractivity contribution in [2.24, 2.45) is 0 Å². The van der Waals surface area contributed by atoms with E-state index in [2.05, 4.69) is 20.5 Å². The normalized spacial score (nSPS) is 10.3. The van der Waals surface area contributed by atoms with Crippen molar-refractivity contribution in [3.63, 3.8) is 0 Å². The molecule has 0 atom stereocenters. The fraction of sp³-hybridized carbons (Fsp3) is 0.400. The molecule has 118 valence electrons. The first kappa shape index (κ1) is 16.0. The van der Waals surface area contributed by atoms with Gasteiger partial charge in [-0.3, -0.25) is 0 Å². The fourth-order valence-corrected chi connectivity index (χ4v) is 1.94. The molecule has 1 N–H and O–H groups in total. The molecule has 0 spiro atoms. The van der Waals surface area contributed by atoms with E-state index in [0.29, 0.717) is 24.0 Å². The summed E-state index contributed by atoms with van der Waals surface area (Å²) in [6, 6.07) is 5.55. The maximum atomic E-state index is 5.39. The predicted octanol–water partition coefficient (Wildman–Crippen LogP) is 2.00. The Bertz CT molecular complexity index is 607. The number of nitrogens with zero attached hydrogens (tertiary/aromatic N) is 3. The quantitative estimate of drug-likeness (QED) is 0.747. The zero-order valence-electron chi connectivity index (χ0n) is 13.0. The van der Waals surface area contributed by atoms with E-state index in [-0.39, 0.29) is 0 Å². The van der Waals surface area contributed by atoms with Crippen molar-refractivity contribution < 1.29 is 14.2 Å². The first-order valence-electron chi connectivity index (χ1n) is 6.93. The molecule has 0 radical (unpaired) electrons. The van der Waals surface area contributed by atoms with E-state index in [1.165, 1.54) is 0 Å². The molecule has 0 bridgehead atoms. The molecule has 0 saturated heterocycles. The summed E-state index contributed by atoms with van der Waals surface area (Å²) in [5, 5.41) is 11.1. The van der Waals surface area contributed by atoms with Gasteiger partial charge in [-0.1, -0.05) is 0 Å². The molecule has 7 heteroatoms. The van der Waals surface area contributed by atoms with Crippen molar-refractivity contribution in [3.8, 4) is 22.8 Å². The number of rotatable bonds is 8. The zero-order valence-corrected chi connectivity index (χ0v) is 13.0. The van der Waals surface area contributed by atoms with Crippen LogP contribution >= 0.6 is 0 Å². The third-order valence-electron chi connectivity index (χ3n) is 3.05. The number of benzene rings is 1. The molecule has 1 aromatic heterocycles. The molecule has 2 rings (SSSR count). The van der Waals surface area contributed by atoms with Crippen LogP contribution in [0, 0.1) is 0 Å². The summed E-state index contributed by atoms with van der Waals surface area (Å²) in [4.78, 5) is 4.46. The van der Waals surface area contributed by atoms with Gasteiger partial charge >= 0.3 is 0 Å². The van der Waals surface area contributed by atoms with E-state index >= 15 is 0 Å². The smallest absolute Gasteiger partial charge is 0.243 e. The minimum Gasteiger partial charge on any atom is -0.497 e. The maximum Gasteiger partial charge on any atom is 0.243 e. The molecular formula is C15H20N4O3. The lowest BCUT2D eigenvalue weighted by Crippen LogP contribution is -2.08. The van der Waals surface area contributed by atoms with E-state index in [4.69, 9.17) is 14.2 Å². The summed E-state index contributed by atoms with van der Waals surface area (Å²) in [5.74, 6) is 1.87. The Morgan fingerprint density at radius 1 is 1.14 bits per heavy atom. The Balaban J connectivity index is 2.18. The Morgan fingerprint density at radius 2 is 2.00 bits per heavy atom. The first-order chi connectivity index (χ1) is 10.8. The van der Waals surface area contributed by atoms with Crippen molar-refractivity contribution in [1.29, 1.82) is 0 Å². The summed E-state index contributed by atoms with van der Waals surface area (Å²) < 4.78 is 15.6. The largest absolute Gasteiger partial charge is 0.497 e. The second kappa shape index (κ2) is 8.14. The monoisotopic (exact) mass is 304 g/mol. The van der Waals surface area contributed by atoms with E-state index < -0.39 is 0 Å². The molecule has 0 aliphatic carbocycles. The van der Waals surface area contributed by atoms with Crippen LogP contribution in [-0.2, 0) is 4.74 Å². The summed E-state index contributed by atoms with van der Waals surface area (Å²) in [6.07, 6.45) is 2.47. The van der Waals surface area contributed by atoms with Crippen LogP contribution in [0.2, 0.25) is 0 Å². The molecule has 0 saturated carbocycles. The van der Waals surface area contributed by atoms with Crippen LogP contribution < -0.4 is 14.8 Å². The number of ether oxygens (including phenoxy) is 3. The molecule has 22 heavy (non-hydrogen) atoms. The van der Waals surface area contributed by atoms with Gasteiger partial charge in [-0.2, -0.15) is 5.10 Å². The summed E-state index contributed by atoms with van der Waals surface area (Å²) in [5.41, 5.74) is 1.52. The number of anilines is 1. The Morgan fingerprint density at radius 3 is 2.73 bits per heavy atom. The molecule has 1 aromatic carbocycles. The molecule has 0 aliphatic rings. The highest BCUT2D eigenvalue weighted by Crippen LogP contribution is 2.31. The lowest BCUT2D eigenvalue weighted by Gasteiger charge is -2.10. The van der Waals surface area contributed by atoms with Crippen LogP contribution in [-0.4, -0.2) is 49.7 Å². The van der Waals surface area contributed by atoms with Gasteiger partial charge in [0.1, 0.15) is 11.5 Å². The number of hydrogen-bond donors (Lipinski definition) is 1. The van der Waals surface area contributed by atoms with Crippen molar-refractivity contribution in [2.45, 2.75) is 6.42 Å². The maximum absolute atomic E-state index is 5.39. The Kier molecular flexibility index (Phi) is 5.91. The van der Waals surface area contributed by atoms with E-state index in [9.17, 15) is 0 Å². The van der Waals surface area contributed by atoms with Crippen LogP contribution in [0.5, 0.6) is 11.5 Å². The first-order valence-corrected chi connectivity index (χ1v) is 6.93. The minimum atomic E-state index is 0.478. The molecule has 2 aromatic rings. The molecule has 0 amide bonds. The lowest BCUT2D eigenvalue weighted by atomic mass is 10.1. The fourth-order valence-electron chi connectivity index (χ4n) is 1.94. The molecule has 0 fully saturated rings. The molecule has 7 nitrogen and oxygen atoms in total. The Hall–Kier alpha value is -2.41. The number of hydrogen-bond acceptors (Lipinski definition) is 7. The van der Waals surface area contributed by atoms with Crippen LogP contribution in [0.15, 0.2) is 24.4 Å². The summed E-state index contributed by atoms with van der Waals surface area (Å²) in [7, 11) is 4.90. The van der Waals surface area contributed by atoms with Gasteiger partial charge in [0.25, 0.3) is 0 Å². The minimum absolute atomic E-state index is 0.478. The second-order valence-corrected chi connectivity index (χ2v) is 4.50. The van der Waals surface area contributed by atoms with Gasteiger partial charge in [0.15, 0.2) is 0 Å². The van der Waals surface area contributed by atoms with Crippen LogP contribution in [0.1, 0.15) is 6.42 Å². The molecule has 0 unspecified atom stereocenters. The lowest BCUT2D eigenvalue weighted by molar-refractivity contribution is 0.197. The van der Waals surface area contributed by atoms with E-state index in [0.717, 1.165) is 24.3 Å². The predicted molar refractivity (Wildman–Crippen MR) is 83.3 cm³/mol. The molecule has 1 heterocycles. The van der Waals surface area contributed by atoms with Crippen molar-refractivity contribution >= 4 is 5.95 Å². The highest BCUT2D eigenvalue weighted by atomic mass is 16.5. The van der Waals surface area contributed by atoms with E-state index in [1.54, 1.807) is 27.5 Å². The van der Waals surface area contributed by atoms with Gasteiger partial charge in [0.2, 0.25) is 5.95 Å². The SMILES string of the molecule is COCCCNc1nncc(-c2ccc(OC)cc2OC)n1. The van der Waals surface area contributed by atoms with Crippen LogP contribution in [0.3, 0.4) is 0 Å². The van der Waals surface area contributed by atoms with Gasteiger partial charge in [-0.15, -0.1) is 5.10 Å². The van der Waals surface area contributed by atoms with Crippen molar-refractivity contribution in [2.75, 3.05) is 39.8 Å². The summed E-state index contributed by atoms with van der Waals surface area (Å²) in [6.45, 7) is 1.41. The topological polar surface area (TPSA) is 78.4 Å². The molecule has 0 aliphatic heterocycles. The van der Waals surface area contributed by atoms with Gasteiger partial charge in [-0.25, -0.2) is 4.98 Å². The van der Waals surface area contributed by atoms with Crippen molar-refractivity contribution in [1.82, 2.24) is 15.2 Å². The van der Waals surface area contributed by atoms with Gasteiger partial charge in [0.05, 0.1) is 26.1 Å². The highest BCUT2D eigenvalue weighted by Gasteiger charge is 2.10. The van der Waals surface area contributed by atoms with Crippen molar-refractivity contribution in [3.05, 3.63) is 24.4 Å². The van der Waals surface area contributed by atoms with Gasteiger partial charge in [-0.05, 0) is 18.6 Å². The van der Waals surface area contributed by atoms with E-state index in [1.807, 2.05) is 18.2 Å². The average Bonchev–Trinajstić information content (AvgIpc) is 2.58. The highest BCUT2D eigenvalue weighted by molar-refractivity contribution is 5.68. The van der Waals surface area contributed by atoms with Gasteiger partial charge in [0, 0.05) is 31.9 Å². The average molecular weight is 304 g/mol. The number of methoxy groups -OCH3 is 3. The zero-order chi connectivity index (χ0) is 15.8. The standard InChI is InChI=1S/C15H20N4O3/c1-20-8-4-7-16-15-18-13(10-17-19-15)12-6-5-11(21-2)9-14(12)22-3/h5-6,9-10H,4,7-8H2,1-3H3,(H,16,18,19). The third-order valence-corrected chi connectivity index (χ3v) is 3.05. The number of aromatic nitrogens is 3. The summed E-state index contributed by atoms with van der Waals surface area (Å²) >= 11 is 0. The second-order valence-electron chi connectivity index (χ2n) is 4.50. The van der Waals surface area contributed by atoms with Gasteiger partial charge < -0.3 is 19.5 Å². The molecular weight excluding hydrogens is 284 g/mol.